The summed E-state index contributed by atoms with van der Waals surface area (Å²) in [6.45, 7) is 4.33. The topological polar surface area (TPSA) is 135 Å². The van der Waals surface area contributed by atoms with Gasteiger partial charge in [-0.05, 0) is 37.6 Å². The van der Waals surface area contributed by atoms with Crippen LogP contribution < -0.4 is 26.8 Å². The lowest BCUT2D eigenvalue weighted by molar-refractivity contribution is -0.124. The molecular formula is C25H29N5O5. The molecule has 1 fully saturated rings. The molecule has 10 nitrogen and oxygen atoms in total. The van der Waals surface area contributed by atoms with Crippen molar-refractivity contribution in [3.05, 3.63) is 74.8 Å². The van der Waals surface area contributed by atoms with Crippen LogP contribution in [-0.2, 0) is 22.7 Å². The molecular weight excluding hydrogens is 450 g/mol. The van der Waals surface area contributed by atoms with Crippen molar-refractivity contribution in [2.75, 3.05) is 22.1 Å². The Kier molecular flexibility index (Phi) is 6.90. The highest BCUT2D eigenvalue weighted by atomic mass is 16.3. The van der Waals surface area contributed by atoms with Crippen molar-refractivity contribution in [2.45, 2.75) is 46.2 Å². The molecule has 1 aliphatic rings. The summed E-state index contributed by atoms with van der Waals surface area (Å²) in [7, 11) is 0. The molecule has 0 saturated carbocycles. The van der Waals surface area contributed by atoms with Gasteiger partial charge >= 0.3 is 5.69 Å². The minimum atomic E-state index is -0.764. The molecule has 1 saturated heterocycles. The number of carbonyl (C=O) groups is 2. The van der Waals surface area contributed by atoms with Gasteiger partial charge < -0.3 is 15.1 Å². The van der Waals surface area contributed by atoms with Gasteiger partial charge in [0.15, 0.2) is 5.69 Å². The van der Waals surface area contributed by atoms with Crippen LogP contribution in [0.5, 0.6) is 0 Å². The smallest absolute Gasteiger partial charge is 0.330 e. The Balaban J connectivity index is 1.71. The Morgan fingerprint density at radius 1 is 1.20 bits per heavy atom. The number of nitrogens with zero attached hydrogens (tertiary/aromatic N) is 3. The van der Waals surface area contributed by atoms with Gasteiger partial charge in [-0.3, -0.25) is 28.8 Å². The zero-order chi connectivity index (χ0) is 25.1. The Morgan fingerprint density at radius 2 is 1.94 bits per heavy atom. The number of nitrogens with two attached hydrogens (primary N) is 1. The lowest BCUT2D eigenvalue weighted by Crippen LogP contribution is -2.43. The monoisotopic (exact) mass is 479 g/mol. The highest BCUT2D eigenvalue weighted by Crippen LogP contribution is 2.29. The van der Waals surface area contributed by atoms with E-state index in [2.05, 4.69) is 4.98 Å². The van der Waals surface area contributed by atoms with Crippen molar-refractivity contribution in [1.82, 2.24) is 9.55 Å². The normalized spacial score (nSPS) is 15.5. The number of nitrogens with one attached hydrogen (secondary N) is 1. The molecule has 35 heavy (non-hydrogen) atoms. The van der Waals surface area contributed by atoms with E-state index in [9.17, 15) is 19.2 Å². The SMILES string of the molecule is CCCCn1c(N)c(N(Cc2ccco2)C(=O)[C@H]2CC(=O)N(c3ccc(C)cc3)C2)c(=O)[nH]c1=O. The number of nitrogen functional groups attached to an aromatic ring is 1. The Hall–Kier alpha value is -4.08. The Labute approximate surface area is 202 Å². The number of H-pyrrole nitrogens is 1. The number of aromatic nitrogens is 2. The first-order valence-electron chi connectivity index (χ1n) is 11.6. The number of rotatable bonds is 8. The molecule has 4 rings (SSSR count). The molecule has 0 bridgehead atoms. The molecule has 3 N–H and O–H groups in total. The van der Waals surface area contributed by atoms with Gasteiger partial charge in [0.1, 0.15) is 11.6 Å². The predicted octanol–water partition coefficient (Wildman–Crippen LogP) is 2.41. The molecule has 3 heterocycles. The number of hydrogen-bond acceptors (Lipinski definition) is 6. The summed E-state index contributed by atoms with van der Waals surface area (Å²) in [4.78, 5) is 57.0. The summed E-state index contributed by atoms with van der Waals surface area (Å²) in [5.74, 6) is -0.981. The summed E-state index contributed by atoms with van der Waals surface area (Å²) < 4.78 is 6.69. The van der Waals surface area contributed by atoms with Crippen LogP contribution in [0.3, 0.4) is 0 Å². The summed E-state index contributed by atoms with van der Waals surface area (Å²) in [6, 6.07) is 10.8. The number of benzene rings is 1. The number of hydrogen-bond donors (Lipinski definition) is 2. The third-order valence-corrected chi connectivity index (χ3v) is 6.20. The lowest BCUT2D eigenvalue weighted by atomic mass is 10.1. The van der Waals surface area contributed by atoms with Gasteiger partial charge in [0.2, 0.25) is 11.8 Å². The fourth-order valence-corrected chi connectivity index (χ4v) is 4.27. The number of aromatic amines is 1. The third-order valence-electron chi connectivity index (χ3n) is 6.20. The molecule has 0 radical (unpaired) electrons. The second kappa shape index (κ2) is 10.0. The van der Waals surface area contributed by atoms with Crippen molar-refractivity contribution in [2.24, 2.45) is 5.92 Å². The Morgan fingerprint density at radius 3 is 2.60 bits per heavy atom. The fourth-order valence-electron chi connectivity index (χ4n) is 4.27. The van der Waals surface area contributed by atoms with E-state index >= 15 is 0 Å². The molecule has 0 spiro atoms. The van der Waals surface area contributed by atoms with Crippen molar-refractivity contribution in [3.8, 4) is 0 Å². The van der Waals surface area contributed by atoms with E-state index in [0.29, 0.717) is 24.4 Å². The van der Waals surface area contributed by atoms with E-state index in [0.717, 1.165) is 12.0 Å². The fraction of sp³-hybridized carbons (Fsp3) is 0.360. The van der Waals surface area contributed by atoms with E-state index in [4.69, 9.17) is 10.2 Å². The number of amides is 2. The number of carbonyl (C=O) groups excluding carboxylic acids is 2. The second-order valence-corrected chi connectivity index (χ2v) is 8.74. The maximum Gasteiger partial charge on any atom is 0.330 e. The molecule has 3 aromatic rings. The molecule has 2 aromatic heterocycles. The van der Waals surface area contributed by atoms with E-state index in [-0.39, 0.29) is 36.9 Å². The zero-order valence-electron chi connectivity index (χ0n) is 19.8. The average Bonchev–Trinajstić information content (AvgIpc) is 3.48. The minimum Gasteiger partial charge on any atom is -0.467 e. The van der Waals surface area contributed by atoms with E-state index in [1.165, 1.54) is 15.7 Å². The van der Waals surface area contributed by atoms with Gasteiger partial charge in [0, 0.05) is 25.2 Å². The molecule has 1 atom stereocenters. The first kappa shape index (κ1) is 24.1. The molecule has 184 valence electrons. The maximum atomic E-state index is 13.8. The van der Waals surface area contributed by atoms with Crippen molar-refractivity contribution in [1.29, 1.82) is 0 Å². The van der Waals surface area contributed by atoms with Gasteiger partial charge in [-0.25, -0.2) is 4.79 Å². The number of anilines is 3. The number of unbranched alkanes of at least 4 members (excludes halogenated alkanes) is 1. The first-order chi connectivity index (χ1) is 16.8. The van der Waals surface area contributed by atoms with Crippen LogP contribution in [-0.4, -0.2) is 27.9 Å². The summed E-state index contributed by atoms with van der Waals surface area (Å²) in [5, 5.41) is 0. The molecule has 1 aromatic carbocycles. The van der Waals surface area contributed by atoms with Crippen LogP contribution in [0.2, 0.25) is 0 Å². The van der Waals surface area contributed by atoms with Crippen LogP contribution in [0.1, 0.15) is 37.5 Å². The molecule has 2 amide bonds. The highest BCUT2D eigenvalue weighted by Gasteiger charge is 2.39. The standard InChI is InChI=1S/C25H29N5O5/c1-3-4-11-28-22(26)21(23(32)27-25(28)34)30(15-19-6-5-12-35-19)24(33)17-13-20(31)29(14-17)18-9-7-16(2)8-10-18/h5-10,12,17H,3-4,11,13-15,26H2,1-2H3,(H,27,32,34)/t17-/m0/s1. The maximum absolute atomic E-state index is 13.8. The van der Waals surface area contributed by atoms with Crippen molar-refractivity contribution in [3.63, 3.8) is 0 Å². The quantitative estimate of drug-likeness (QED) is 0.509. The number of aryl methyl sites for hydroxylation is 1. The second-order valence-electron chi connectivity index (χ2n) is 8.74. The Bertz CT molecular complexity index is 1320. The molecule has 10 heteroatoms. The average molecular weight is 480 g/mol. The van der Waals surface area contributed by atoms with E-state index in [1.807, 2.05) is 38.1 Å². The van der Waals surface area contributed by atoms with E-state index < -0.39 is 23.1 Å². The van der Waals surface area contributed by atoms with Gasteiger partial charge in [-0.2, -0.15) is 0 Å². The summed E-state index contributed by atoms with van der Waals surface area (Å²) in [5.41, 5.74) is 6.55. The summed E-state index contributed by atoms with van der Waals surface area (Å²) in [6.07, 6.45) is 2.94. The summed E-state index contributed by atoms with van der Waals surface area (Å²) >= 11 is 0. The molecule has 0 aliphatic carbocycles. The van der Waals surface area contributed by atoms with Crippen LogP contribution in [0.15, 0.2) is 56.7 Å². The third kappa shape index (κ3) is 4.91. The van der Waals surface area contributed by atoms with Crippen molar-refractivity contribution >= 4 is 29.0 Å². The lowest BCUT2D eigenvalue weighted by Gasteiger charge is -2.26. The van der Waals surface area contributed by atoms with Crippen LogP contribution >= 0.6 is 0 Å². The van der Waals surface area contributed by atoms with Gasteiger partial charge in [0.25, 0.3) is 5.56 Å². The van der Waals surface area contributed by atoms with Gasteiger partial charge in [-0.15, -0.1) is 0 Å². The van der Waals surface area contributed by atoms with Gasteiger partial charge in [0.05, 0.1) is 18.7 Å². The van der Waals surface area contributed by atoms with Crippen LogP contribution in [0, 0.1) is 12.8 Å². The molecule has 1 aliphatic heterocycles. The largest absolute Gasteiger partial charge is 0.467 e. The highest BCUT2D eigenvalue weighted by molar-refractivity contribution is 6.05. The molecule has 0 unspecified atom stereocenters. The van der Waals surface area contributed by atoms with Gasteiger partial charge in [-0.1, -0.05) is 31.0 Å². The van der Waals surface area contributed by atoms with Crippen LogP contribution in [0.25, 0.3) is 0 Å². The first-order valence-corrected chi connectivity index (χ1v) is 11.6. The van der Waals surface area contributed by atoms with E-state index in [1.54, 1.807) is 17.0 Å². The predicted molar refractivity (Wildman–Crippen MR) is 132 cm³/mol. The minimum absolute atomic E-state index is 0.00531. The zero-order valence-corrected chi connectivity index (χ0v) is 19.8. The van der Waals surface area contributed by atoms with Crippen molar-refractivity contribution < 1.29 is 14.0 Å². The number of furan rings is 1. The van der Waals surface area contributed by atoms with Crippen LogP contribution in [0.4, 0.5) is 17.2 Å².